The van der Waals surface area contributed by atoms with Crippen LogP contribution in [0.4, 0.5) is 0 Å². The monoisotopic (exact) mass is 180 g/mol. The summed E-state index contributed by atoms with van der Waals surface area (Å²) in [4.78, 5) is 0. The van der Waals surface area contributed by atoms with Crippen LogP contribution in [-0.2, 0) is 0 Å². The van der Waals surface area contributed by atoms with Crippen molar-refractivity contribution >= 4 is 0 Å². The van der Waals surface area contributed by atoms with E-state index in [2.05, 4.69) is 26.5 Å². The largest absolute Gasteiger partial charge is 0.103 e. The molecule has 1 aliphatic rings. The molecule has 1 aliphatic carbocycles. The molecule has 0 aromatic carbocycles. The van der Waals surface area contributed by atoms with E-state index >= 15 is 0 Å². The first-order valence-corrected chi connectivity index (χ1v) is 5.94. The molecule has 0 bridgehead atoms. The molecule has 1 saturated carbocycles. The third-order valence-electron chi connectivity index (χ3n) is 3.86. The molecule has 1 fully saturated rings. The average molecular weight is 180 g/mol. The van der Waals surface area contributed by atoms with Crippen LogP contribution >= 0.6 is 0 Å². The summed E-state index contributed by atoms with van der Waals surface area (Å²) in [5.74, 6) is 2.73. The van der Waals surface area contributed by atoms with Crippen molar-refractivity contribution in [2.24, 2.45) is 17.8 Å². The van der Waals surface area contributed by atoms with Gasteiger partial charge in [-0.25, -0.2) is 0 Å². The normalized spacial score (nSPS) is 35.4. The Morgan fingerprint density at radius 3 is 2.31 bits per heavy atom. The second kappa shape index (κ2) is 5.47. The van der Waals surface area contributed by atoms with Gasteiger partial charge in [0, 0.05) is 0 Å². The van der Waals surface area contributed by atoms with Gasteiger partial charge in [0.15, 0.2) is 0 Å². The summed E-state index contributed by atoms with van der Waals surface area (Å²) < 4.78 is 0. The van der Waals surface area contributed by atoms with Crippen LogP contribution in [0.3, 0.4) is 0 Å². The molecule has 13 heavy (non-hydrogen) atoms. The summed E-state index contributed by atoms with van der Waals surface area (Å²) in [5, 5.41) is 0. The molecule has 0 nitrogen and oxygen atoms in total. The van der Waals surface area contributed by atoms with E-state index in [1.807, 2.05) is 0 Å². The highest BCUT2D eigenvalue weighted by Gasteiger charge is 2.23. The fraction of sp³-hybridized carbons (Fsp3) is 0.846. The lowest BCUT2D eigenvalue weighted by Crippen LogP contribution is -2.09. The molecule has 0 radical (unpaired) electrons. The average Bonchev–Trinajstić information content (AvgIpc) is 2.38. The van der Waals surface area contributed by atoms with Gasteiger partial charge in [0.25, 0.3) is 0 Å². The van der Waals surface area contributed by atoms with Crippen molar-refractivity contribution in [3.05, 3.63) is 12.7 Å². The molecule has 3 unspecified atom stereocenters. The Morgan fingerprint density at radius 2 is 1.77 bits per heavy atom. The Labute approximate surface area is 83.4 Å². The molecule has 0 amide bonds. The molecule has 76 valence electrons. The van der Waals surface area contributed by atoms with Gasteiger partial charge in [0.1, 0.15) is 0 Å². The zero-order valence-corrected chi connectivity index (χ0v) is 9.26. The molecule has 0 aliphatic heterocycles. The molecule has 0 N–H and O–H groups in total. The highest BCUT2D eigenvalue weighted by Crippen LogP contribution is 2.35. The Morgan fingerprint density at radius 1 is 1.08 bits per heavy atom. The molecule has 0 heteroatoms. The van der Waals surface area contributed by atoms with Crippen molar-refractivity contribution in [3.8, 4) is 0 Å². The molecule has 3 atom stereocenters. The van der Waals surface area contributed by atoms with Crippen LogP contribution in [0.15, 0.2) is 12.7 Å². The lowest BCUT2D eigenvalue weighted by molar-refractivity contribution is 0.361. The summed E-state index contributed by atoms with van der Waals surface area (Å²) in [5.41, 5.74) is 0. The van der Waals surface area contributed by atoms with Gasteiger partial charge < -0.3 is 0 Å². The molecular formula is C13H24. The standard InChI is InChI=1S/C13H24/c1-4-11-7-9-12(5-2)13(6-3)10-8-11/h5,11-13H,2,4,6-10H2,1,3H3. The van der Waals surface area contributed by atoms with Crippen LogP contribution in [0.2, 0.25) is 0 Å². The maximum Gasteiger partial charge on any atom is -0.0208 e. The molecule has 0 aromatic heterocycles. The van der Waals surface area contributed by atoms with E-state index in [0.717, 1.165) is 17.8 Å². The highest BCUT2D eigenvalue weighted by atomic mass is 14.3. The lowest BCUT2D eigenvalue weighted by Gasteiger charge is -2.19. The summed E-state index contributed by atoms with van der Waals surface area (Å²) in [6.45, 7) is 8.64. The second-order valence-electron chi connectivity index (χ2n) is 4.50. The van der Waals surface area contributed by atoms with Gasteiger partial charge in [-0.15, -0.1) is 6.58 Å². The van der Waals surface area contributed by atoms with Gasteiger partial charge >= 0.3 is 0 Å². The number of allylic oxidation sites excluding steroid dienone is 1. The minimum absolute atomic E-state index is 0.807. The van der Waals surface area contributed by atoms with Gasteiger partial charge in [-0.3, -0.25) is 0 Å². The van der Waals surface area contributed by atoms with Crippen LogP contribution in [0, 0.1) is 17.8 Å². The van der Waals surface area contributed by atoms with Gasteiger partial charge in [0.2, 0.25) is 0 Å². The van der Waals surface area contributed by atoms with E-state index < -0.39 is 0 Å². The Hall–Kier alpha value is -0.260. The van der Waals surface area contributed by atoms with Crippen LogP contribution in [0.25, 0.3) is 0 Å². The maximum absolute atomic E-state index is 3.98. The SMILES string of the molecule is C=CC1CCC(CC)CCC1CC. The Bertz CT molecular complexity index is 148. The van der Waals surface area contributed by atoms with Crippen LogP contribution in [-0.4, -0.2) is 0 Å². The number of hydrogen-bond donors (Lipinski definition) is 0. The van der Waals surface area contributed by atoms with Gasteiger partial charge in [-0.2, -0.15) is 0 Å². The quantitative estimate of drug-likeness (QED) is 0.445. The molecule has 0 heterocycles. The molecule has 1 rings (SSSR count). The van der Waals surface area contributed by atoms with Crippen molar-refractivity contribution in [2.45, 2.75) is 52.4 Å². The second-order valence-corrected chi connectivity index (χ2v) is 4.50. The van der Waals surface area contributed by atoms with E-state index in [0.29, 0.717) is 0 Å². The summed E-state index contributed by atoms with van der Waals surface area (Å²) in [7, 11) is 0. The Kier molecular flexibility index (Phi) is 4.55. The van der Waals surface area contributed by atoms with Crippen molar-refractivity contribution in [1.82, 2.24) is 0 Å². The predicted molar refractivity (Wildman–Crippen MR) is 59.7 cm³/mol. The zero-order chi connectivity index (χ0) is 9.68. The third kappa shape index (κ3) is 2.86. The third-order valence-corrected chi connectivity index (χ3v) is 3.86. The van der Waals surface area contributed by atoms with E-state index in [4.69, 9.17) is 0 Å². The van der Waals surface area contributed by atoms with Crippen molar-refractivity contribution in [3.63, 3.8) is 0 Å². The van der Waals surface area contributed by atoms with Crippen molar-refractivity contribution < 1.29 is 0 Å². The molecule has 0 aromatic rings. The first-order valence-electron chi connectivity index (χ1n) is 5.94. The van der Waals surface area contributed by atoms with E-state index in [-0.39, 0.29) is 0 Å². The molecular weight excluding hydrogens is 156 g/mol. The first-order chi connectivity index (χ1) is 6.31. The zero-order valence-electron chi connectivity index (χ0n) is 9.26. The lowest BCUT2D eigenvalue weighted by atomic mass is 9.86. The van der Waals surface area contributed by atoms with E-state index in [9.17, 15) is 0 Å². The topological polar surface area (TPSA) is 0 Å². The smallest absolute Gasteiger partial charge is 0.0208 e. The summed E-state index contributed by atoms with van der Waals surface area (Å²) in [6, 6.07) is 0. The summed E-state index contributed by atoms with van der Waals surface area (Å²) in [6.07, 6.45) is 10.6. The van der Waals surface area contributed by atoms with Gasteiger partial charge in [0.05, 0.1) is 0 Å². The summed E-state index contributed by atoms with van der Waals surface area (Å²) >= 11 is 0. The van der Waals surface area contributed by atoms with Crippen molar-refractivity contribution in [2.75, 3.05) is 0 Å². The fourth-order valence-electron chi connectivity index (χ4n) is 2.70. The van der Waals surface area contributed by atoms with E-state index in [1.54, 1.807) is 0 Å². The predicted octanol–water partition coefficient (Wildman–Crippen LogP) is 4.42. The molecule has 0 saturated heterocycles. The van der Waals surface area contributed by atoms with Crippen molar-refractivity contribution in [1.29, 1.82) is 0 Å². The number of hydrogen-bond acceptors (Lipinski definition) is 0. The van der Waals surface area contributed by atoms with Gasteiger partial charge in [-0.05, 0) is 37.0 Å². The van der Waals surface area contributed by atoms with E-state index in [1.165, 1.54) is 38.5 Å². The first kappa shape index (κ1) is 10.8. The van der Waals surface area contributed by atoms with Crippen LogP contribution in [0.5, 0.6) is 0 Å². The Balaban J connectivity index is 2.51. The molecule has 0 spiro atoms. The minimum Gasteiger partial charge on any atom is -0.103 e. The van der Waals surface area contributed by atoms with Gasteiger partial charge in [-0.1, -0.05) is 39.2 Å². The number of rotatable bonds is 3. The van der Waals surface area contributed by atoms with Crippen LogP contribution < -0.4 is 0 Å². The maximum atomic E-state index is 3.98. The van der Waals surface area contributed by atoms with Crippen LogP contribution in [0.1, 0.15) is 52.4 Å². The minimum atomic E-state index is 0.807. The highest BCUT2D eigenvalue weighted by molar-refractivity contribution is 4.87. The fourth-order valence-corrected chi connectivity index (χ4v) is 2.70.